The standard InChI is InChI=1S/C10H14N2O2.C2H6/c11-6-7-12-10(13)14-8-9-4-2-1-3-5-9;1-2/h1-5H,6-8,11H2,(H,12,13);1-2H3. The lowest BCUT2D eigenvalue weighted by molar-refractivity contribution is 0.140. The van der Waals surface area contributed by atoms with Crippen LogP contribution in [0.1, 0.15) is 19.4 Å². The van der Waals surface area contributed by atoms with E-state index in [1.54, 1.807) is 0 Å². The molecule has 1 aromatic carbocycles. The highest BCUT2D eigenvalue weighted by molar-refractivity contribution is 5.67. The number of rotatable bonds is 4. The average molecular weight is 224 g/mol. The van der Waals surface area contributed by atoms with Crippen molar-refractivity contribution in [3.05, 3.63) is 35.9 Å². The van der Waals surface area contributed by atoms with Gasteiger partial charge in [0.2, 0.25) is 0 Å². The van der Waals surface area contributed by atoms with Gasteiger partial charge in [-0.05, 0) is 5.56 Å². The summed E-state index contributed by atoms with van der Waals surface area (Å²) in [6.07, 6.45) is -0.431. The van der Waals surface area contributed by atoms with E-state index >= 15 is 0 Å². The summed E-state index contributed by atoms with van der Waals surface area (Å²) in [5, 5.41) is 2.52. The topological polar surface area (TPSA) is 64.3 Å². The highest BCUT2D eigenvalue weighted by Gasteiger charge is 1.99. The minimum absolute atomic E-state index is 0.289. The Balaban J connectivity index is 0.00000106. The molecular weight excluding hydrogens is 204 g/mol. The van der Waals surface area contributed by atoms with Gasteiger partial charge in [0.15, 0.2) is 0 Å². The summed E-state index contributed by atoms with van der Waals surface area (Å²) in [7, 11) is 0. The second-order valence-corrected chi connectivity index (χ2v) is 2.78. The zero-order valence-electron chi connectivity index (χ0n) is 9.90. The fraction of sp³-hybridized carbons (Fsp3) is 0.417. The van der Waals surface area contributed by atoms with Crippen molar-refractivity contribution in [3.8, 4) is 0 Å². The Bertz CT molecular complexity index is 276. The normalized spacial score (nSPS) is 8.69. The monoisotopic (exact) mass is 224 g/mol. The van der Waals surface area contributed by atoms with Gasteiger partial charge in [0.1, 0.15) is 6.61 Å². The smallest absolute Gasteiger partial charge is 0.407 e. The van der Waals surface area contributed by atoms with E-state index in [1.807, 2.05) is 44.2 Å². The van der Waals surface area contributed by atoms with Crippen LogP contribution in [0.4, 0.5) is 4.79 Å². The van der Waals surface area contributed by atoms with E-state index in [0.717, 1.165) is 5.56 Å². The van der Waals surface area contributed by atoms with Crippen molar-refractivity contribution in [2.24, 2.45) is 5.73 Å². The van der Waals surface area contributed by atoms with Crippen LogP contribution in [0.5, 0.6) is 0 Å². The highest BCUT2D eigenvalue weighted by Crippen LogP contribution is 1.99. The molecule has 0 aliphatic heterocycles. The zero-order chi connectivity index (χ0) is 12.2. The first-order valence-corrected chi connectivity index (χ1v) is 5.47. The van der Waals surface area contributed by atoms with E-state index in [2.05, 4.69) is 5.32 Å². The first-order chi connectivity index (χ1) is 7.83. The summed E-state index contributed by atoms with van der Waals surface area (Å²) in [6, 6.07) is 9.51. The third-order valence-electron chi connectivity index (χ3n) is 1.63. The predicted octanol–water partition coefficient (Wildman–Crippen LogP) is 1.90. The van der Waals surface area contributed by atoms with Crippen molar-refractivity contribution in [2.45, 2.75) is 20.5 Å². The molecule has 90 valence electrons. The van der Waals surface area contributed by atoms with Crippen LogP contribution in [0.2, 0.25) is 0 Å². The van der Waals surface area contributed by atoms with E-state index < -0.39 is 6.09 Å². The molecule has 0 unspecified atom stereocenters. The first-order valence-electron chi connectivity index (χ1n) is 5.47. The largest absolute Gasteiger partial charge is 0.445 e. The molecule has 0 aliphatic carbocycles. The number of carbonyl (C=O) groups excluding carboxylic acids is 1. The lowest BCUT2D eigenvalue weighted by atomic mass is 10.2. The molecule has 4 heteroatoms. The van der Waals surface area contributed by atoms with E-state index in [4.69, 9.17) is 10.5 Å². The number of hydrogen-bond donors (Lipinski definition) is 2. The number of alkyl carbamates (subject to hydrolysis) is 1. The van der Waals surface area contributed by atoms with Crippen LogP contribution in [0, 0.1) is 0 Å². The Hall–Kier alpha value is -1.55. The second-order valence-electron chi connectivity index (χ2n) is 2.78. The molecule has 1 amide bonds. The van der Waals surface area contributed by atoms with Gasteiger partial charge in [-0.1, -0.05) is 44.2 Å². The number of amides is 1. The SMILES string of the molecule is CC.NCCNC(=O)OCc1ccccc1. The number of carbonyl (C=O) groups is 1. The number of nitrogens with one attached hydrogen (secondary N) is 1. The molecular formula is C12H20N2O2. The Labute approximate surface area is 96.8 Å². The van der Waals surface area contributed by atoms with Crippen LogP contribution in [0.15, 0.2) is 30.3 Å². The fourth-order valence-electron chi connectivity index (χ4n) is 0.948. The number of ether oxygens (including phenoxy) is 1. The Morgan fingerprint density at radius 1 is 1.31 bits per heavy atom. The molecule has 0 radical (unpaired) electrons. The summed E-state index contributed by atoms with van der Waals surface area (Å²) in [6.45, 7) is 5.14. The molecule has 0 heterocycles. The lowest BCUT2D eigenvalue weighted by Crippen LogP contribution is -2.29. The van der Waals surface area contributed by atoms with Crippen molar-refractivity contribution < 1.29 is 9.53 Å². The Kier molecular flexibility index (Phi) is 9.02. The van der Waals surface area contributed by atoms with Crippen molar-refractivity contribution in [1.29, 1.82) is 0 Å². The molecule has 0 spiro atoms. The van der Waals surface area contributed by atoms with Gasteiger partial charge < -0.3 is 15.8 Å². The number of benzene rings is 1. The van der Waals surface area contributed by atoms with E-state index in [-0.39, 0.29) is 6.61 Å². The molecule has 0 bridgehead atoms. The van der Waals surface area contributed by atoms with Gasteiger partial charge in [0.25, 0.3) is 0 Å². The predicted molar refractivity (Wildman–Crippen MR) is 65.0 cm³/mol. The van der Waals surface area contributed by atoms with Crippen LogP contribution >= 0.6 is 0 Å². The molecule has 1 aromatic rings. The molecule has 0 atom stereocenters. The van der Waals surface area contributed by atoms with Crippen LogP contribution in [-0.2, 0) is 11.3 Å². The minimum Gasteiger partial charge on any atom is -0.445 e. The highest BCUT2D eigenvalue weighted by atomic mass is 16.5. The Morgan fingerprint density at radius 3 is 2.50 bits per heavy atom. The third-order valence-corrected chi connectivity index (χ3v) is 1.63. The van der Waals surface area contributed by atoms with E-state index in [0.29, 0.717) is 13.1 Å². The van der Waals surface area contributed by atoms with Crippen LogP contribution < -0.4 is 11.1 Å². The van der Waals surface area contributed by atoms with Crippen molar-refractivity contribution in [1.82, 2.24) is 5.32 Å². The third kappa shape index (κ3) is 6.84. The maximum atomic E-state index is 11.0. The molecule has 0 fully saturated rings. The van der Waals surface area contributed by atoms with Crippen molar-refractivity contribution in [2.75, 3.05) is 13.1 Å². The minimum atomic E-state index is -0.431. The van der Waals surface area contributed by atoms with E-state index in [1.165, 1.54) is 0 Å². The van der Waals surface area contributed by atoms with Crippen LogP contribution in [0.25, 0.3) is 0 Å². The van der Waals surface area contributed by atoms with Gasteiger partial charge in [0, 0.05) is 13.1 Å². The van der Waals surface area contributed by atoms with Crippen molar-refractivity contribution >= 4 is 6.09 Å². The summed E-state index contributed by atoms with van der Waals surface area (Å²) < 4.78 is 4.92. The molecule has 0 saturated heterocycles. The van der Waals surface area contributed by atoms with Gasteiger partial charge in [-0.25, -0.2) is 4.79 Å². The average Bonchev–Trinajstić information content (AvgIpc) is 2.37. The van der Waals surface area contributed by atoms with Gasteiger partial charge >= 0.3 is 6.09 Å². The van der Waals surface area contributed by atoms with E-state index in [9.17, 15) is 4.79 Å². The van der Waals surface area contributed by atoms with Gasteiger partial charge in [0.05, 0.1) is 0 Å². The van der Waals surface area contributed by atoms with Gasteiger partial charge in [-0.15, -0.1) is 0 Å². The summed E-state index contributed by atoms with van der Waals surface area (Å²) in [5.41, 5.74) is 6.18. The summed E-state index contributed by atoms with van der Waals surface area (Å²) >= 11 is 0. The molecule has 4 nitrogen and oxygen atoms in total. The lowest BCUT2D eigenvalue weighted by Gasteiger charge is -2.05. The number of nitrogens with two attached hydrogens (primary N) is 1. The first kappa shape index (κ1) is 14.5. The van der Waals surface area contributed by atoms with Crippen LogP contribution in [-0.4, -0.2) is 19.2 Å². The summed E-state index contributed by atoms with van der Waals surface area (Å²) in [4.78, 5) is 11.0. The molecule has 16 heavy (non-hydrogen) atoms. The molecule has 0 aromatic heterocycles. The second kappa shape index (κ2) is 9.98. The van der Waals surface area contributed by atoms with Crippen molar-refractivity contribution in [3.63, 3.8) is 0 Å². The fourth-order valence-corrected chi connectivity index (χ4v) is 0.948. The van der Waals surface area contributed by atoms with Crippen LogP contribution in [0.3, 0.4) is 0 Å². The maximum Gasteiger partial charge on any atom is 0.407 e. The molecule has 1 rings (SSSR count). The Morgan fingerprint density at radius 2 is 1.94 bits per heavy atom. The summed E-state index contributed by atoms with van der Waals surface area (Å²) in [5.74, 6) is 0. The quantitative estimate of drug-likeness (QED) is 0.821. The molecule has 0 saturated carbocycles. The van der Waals surface area contributed by atoms with Gasteiger partial charge in [-0.3, -0.25) is 0 Å². The zero-order valence-corrected chi connectivity index (χ0v) is 9.90. The molecule has 3 N–H and O–H groups in total. The number of hydrogen-bond acceptors (Lipinski definition) is 3. The molecule has 0 aliphatic rings. The maximum absolute atomic E-state index is 11.0. The van der Waals surface area contributed by atoms with Gasteiger partial charge in [-0.2, -0.15) is 0 Å².